The van der Waals surface area contributed by atoms with Crippen LogP contribution in [0.4, 0.5) is 5.69 Å². The minimum atomic E-state index is 0.539. The maximum absolute atomic E-state index is 10.7. The molecular formula is C17H25ClN4O. The van der Waals surface area contributed by atoms with Crippen LogP contribution in [0.5, 0.6) is 0 Å². The van der Waals surface area contributed by atoms with E-state index in [0.717, 1.165) is 70.2 Å². The van der Waals surface area contributed by atoms with Crippen LogP contribution in [0.1, 0.15) is 5.56 Å². The first-order valence-electron chi connectivity index (χ1n) is 8.39. The Bertz CT molecular complexity index is 525. The van der Waals surface area contributed by atoms with Gasteiger partial charge >= 0.3 is 0 Å². The van der Waals surface area contributed by atoms with E-state index in [1.165, 1.54) is 11.3 Å². The summed E-state index contributed by atoms with van der Waals surface area (Å²) in [7, 11) is 0. The van der Waals surface area contributed by atoms with Crippen molar-refractivity contribution >= 4 is 23.6 Å². The van der Waals surface area contributed by atoms with Crippen LogP contribution in [0.3, 0.4) is 0 Å². The van der Waals surface area contributed by atoms with Gasteiger partial charge < -0.3 is 15.0 Å². The first-order chi connectivity index (χ1) is 11.3. The molecule has 126 valence electrons. The fraction of sp³-hybridized carbons (Fsp3) is 0.588. The number of carbonyl (C=O) groups is 1. The van der Waals surface area contributed by atoms with E-state index in [0.29, 0.717) is 6.54 Å². The van der Waals surface area contributed by atoms with Crippen molar-refractivity contribution in [1.82, 2.24) is 15.1 Å². The Balaban J connectivity index is 1.70. The zero-order chi connectivity index (χ0) is 16.1. The van der Waals surface area contributed by atoms with E-state index in [4.69, 9.17) is 11.6 Å². The largest absolute Gasteiger partial charge is 0.369 e. The number of hydrogen-bond donors (Lipinski definition) is 1. The number of benzene rings is 1. The molecule has 0 bridgehead atoms. The molecule has 2 heterocycles. The molecule has 0 spiro atoms. The molecule has 0 radical (unpaired) electrons. The molecule has 0 unspecified atom stereocenters. The van der Waals surface area contributed by atoms with Crippen molar-refractivity contribution in [2.24, 2.45) is 0 Å². The highest BCUT2D eigenvalue weighted by molar-refractivity contribution is 6.30. The standard InChI is InChI=1S/C17H25ClN4O/c18-16-2-1-15(14-21-5-3-19-4-6-21)17(13-16)22-9-7-20(8-10-22)11-12-23/h1-2,12-13,19H,3-11,14H2. The Labute approximate surface area is 143 Å². The van der Waals surface area contributed by atoms with Crippen molar-refractivity contribution in [2.75, 3.05) is 63.8 Å². The smallest absolute Gasteiger partial charge is 0.133 e. The predicted molar refractivity (Wildman–Crippen MR) is 94.3 cm³/mol. The number of anilines is 1. The van der Waals surface area contributed by atoms with Gasteiger partial charge in [0, 0.05) is 69.6 Å². The van der Waals surface area contributed by atoms with Gasteiger partial charge in [0.05, 0.1) is 6.54 Å². The Morgan fingerprint density at radius 1 is 1.04 bits per heavy atom. The van der Waals surface area contributed by atoms with Crippen molar-refractivity contribution in [3.8, 4) is 0 Å². The van der Waals surface area contributed by atoms with Gasteiger partial charge in [0.25, 0.3) is 0 Å². The minimum absolute atomic E-state index is 0.539. The molecule has 1 N–H and O–H groups in total. The van der Waals surface area contributed by atoms with E-state index in [9.17, 15) is 4.79 Å². The van der Waals surface area contributed by atoms with E-state index in [2.05, 4.69) is 32.1 Å². The summed E-state index contributed by atoms with van der Waals surface area (Å²) in [5.74, 6) is 0. The van der Waals surface area contributed by atoms with Crippen LogP contribution in [0.15, 0.2) is 18.2 Å². The van der Waals surface area contributed by atoms with Gasteiger partial charge in [0.1, 0.15) is 6.29 Å². The average Bonchev–Trinajstić information content (AvgIpc) is 2.58. The molecule has 0 aliphatic carbocycles. The fourth-order valence-corrected chi connectivity index (χ4v) is 3.52. The van der Waals surface area contributed by atoms with Gasteiger partial charge in [-0.25, -0.2) is 0 Å². The Hall–Kier alpha value is -1.14. The highest BCUT2D eigenvalue weighted by atomic mass is 35.5. The van der Waals surface area contributed by atoms with E-state index < -0.39 is 0 Å². The zero-order valence-corrected chi connectivity index (χ0v) is 14.3. The molecule has 0 saturated carbocycles. The number of piperazine rings is 2. The number of aldehydes is 1. The van der Waals surface area contributed by atoms with Crippen molar-refractivity contribution < 1.29 is 4.79 Å². The first-order valence-corrected chi connectivity index (χ1v) is 8.76. The molecular weight excluding hydrogens is 312 g/mol. The molecule has 2 aliphatic rings. The van der Waals surface area contributed by atoms with Gasteiger partial charge in [-0.1, -0.05) is 17.7 Å². The Kier molecular flexibility index (Phi) is 5.89. The third-order valence-corrected chi connectivity index (χ3v) is 4.93. The summed E-state index contributed by atoms with van der Waals surface area (Å²) < 4.78 is 0. The third-order valence-electron chi connectivity index (χ3n) is 4.70. The molecule has 1 aromatic rings. The van der Waals surface area contributed by atoms with Gasteiger partial charge in [0.2, 0.25) is 0 Å². The highest BCUT2D eigenvalue weighted by Gasteiger charge is 2.20. The van der Waals surface area contributed by atoms with Gasteiger partial charge in [-0.15, -0.1) is 0 Å². The number of hydrogen-bond acceptors (Lipinski definition) is 5. The molecule has 0 aromatic heterocycles. The van der Waals surface area contributed by atoms with Gasteiger partial charge in [-0.3, -0.25) is 9.80 Å². The number of rotatable bonds is 5. The van der Waals surface area contributed by atoms with Crippen LogP contribution in [-0.4, -0.2) is 75.0 Å². The van der Waals surface area contributed by atoms with Crippen LogP contribution in [0.2, 0.25) is 5.02 Å². The Morgan fingerprint density at radius 3 is 2.48 bits per heavy atom. The molecule has 6 heteroatoms. The second kappa shape index (κ2) is 8.11. The molecule has 3 rings (SSSR count). The molecule has 0 amide bonds. The van der Waals surface area contributed by atoms with Crippen LogP contribution in [0.25, 0.3) is 0 Å². The maximum atomic E-state index is 10.7. The molecule has 0 atom stereocenters. The highest BCUT2D eigenvalue weighted by Crippen LogP contribution is 2.27. The number of nitrogens with one attached hydrogen (secondary N) is 1. The number of carbonyl (C=O) groups excluding carboxylic acids is 1. The van der Waals surface area contributed by atoms with Crippen molar-refractivity contribution in [3.63, 3.8) is 0 Å². The van der Waals surface area contributed by atoms with Crippen LogP contribution < -0.4 is 10.2 Å². The van der Waals surface area contributed by atoms with Crippen molar-refractivity contribution in [2.45, 2.75) is 6.54 Å². The van der Waals surface area contributed by atoms with Crippen molar-refractivity contribution in [1.29, 1.82) is 0 Å². The second-order valence-electron chi connectivity index (χ2n) is 6.25. The fourth-order valence-electron chi connectivity index (χ4n) is 3.35. The number of halogens is 1. The lowest BCUT2D eigenvalue weighted by Gasteiger charge is -2.37. The van der Waals surface area contributed by atoms with E-state index in [1.807, 2.05) is 6.07 Å². The predicted octanol–water partition coefficient (Wildman–Crippen LogP) is 1.07. The maximum Gasteiger partial charge on any atom is 0.133 e. The van der Waals surface area contributed by atoms with E-state index >= 15 is 0 Å². The molecule has 5 nitrogen and oxygen atoms in total. The van der Waals surface area contributed by atoms with Gasteiger partial charge in [-0.2, -0.15) is 0 Å². The third kappa shape index (κ3) is 4.44. The normalized spacial score (nSPS) is 20.7. The number of nitrogens with zero attached hydrogens (tertiary/aromatic N) is 3. The first kappa shape index (κ1) is 16.7. The lowest BCUT2D eigenvalue weighted by atomic mass is 10.1. The van der Waals surface area contributed by atoms with E-state index in [-0.39, 0.29) is 0 Å². The Morgan fingerprint density at radius 2 is 1.78 bits per heavy atom. The summed E-state index contributed by atoms with van der Waals surface area (Å²) in [6, 6.07) is 6.25. The minimum Gasteiger partial charge on any atom is -0.369 e. The van der Waals surface area contributed by atoms with Gasteiger partial charge in [-0.05, 0) is 17.7 Å². The second-order valence-corrected chi connectivity index (χ2v) is 6.69. The average molecular weight is 337 g/mol. The lowest BCUT2D eigenvalue weighted by molar-refractivity contribution is -0.108. The van der Waals surface area contributed by atoms with Crippen LogP contribution in [0, 0.1) is 0 Å². The summed E-state index contributed by atoms with van der Waals surface area (Å²) in [6.45, 7) is 9.58. The summed E-state index contributed by atoms with van der Waals surface area (Å²) in [5, 5.41) is 4.19. The van der Waals surface area contributed by atoms with Crippen molar-refractivity contribution in [3.05, 3.63) is 28.8 Å². The topological polar surface area (TPSA) is 38.8 Å². The van der Waals surface area contributed by atoms with Gasteiger partial charge in [0.15, 0.2) is 0 Å². The SMILES string of the molecule is O=CCN1CCN(c2cc(Cl)ccc2CN2CCNCC2)CC1. The summed E-state index contributed by atoms with van der Waals surface area (Å²) in [4.78, 5) is 17.8. The van der Waals surface area contributed by atoms with Crippen LogP contribution >= 0.6 is 11.6 Å². The lowest BCUT2D eigenvalue weighted by Crippen LogP contribution is -2.47. The van der Waals surface area contributed by atoms with Crippen LogP contribution in [-0.2, 0) is 11.3 Å². The summed E-state index contributed by atoms with van der Waals surface area (Å²) >= 11 is 6.25. The molecule has 2 aliphatic heterocycles. The van der Waals surface area contributed by atoms with E-state index in [1.54, 1.807) is 0 Å². The monoisotopic (exact) mass is 336 g/mol. The molecule has 2 saturated heterocycles. The molecule has 23 heavy (non-hydrogen) atoms. The zero-order valence-electron chi connectivity index (χ0n) is 13.5. The molecule has 1 aromatic carbocycles. The quantitative estimate of drug-likeness (QED) is 0.814. The molecule has 2 fully saturated rings. The summed E-state index contributed by atoms with van der Waals surface area (Å²) in [5.41, 5.74) is 2.60. The summed E-state index contributed by atoms with van der Waals surface area (Å²) in [6.07, 6.45) is 0.991.